The molecule has 8 bridgehead atoms. The summed E-state index contributed by atoms with van der Waals surface area (Å²) in [5, 5.41) is 0. The van der Waals surface area contributed by atoms with E-state index in [1.807, 2.05) is 0 Å². The van der Waals surface area contributed by atoms with Crippen molar-refractivity contribution in [2.45, 2.75) is 127 Å². The van der Waals surface area contributed by atoms with Gasteiger partial charge in [-0.15, -0.1) is 0 Å². The Balaban J connectivity index is 0.646. The molecule has 0 aromatic heterocycles. The fourth-order valence-electron chi connectivity index (χ4n) is 11.1. The maximum Gasteiger partial charge on any atom is 0.239 e. The van der Waals surface area contributed by atoms with Crippen LogP contribution in [0.2, 0.25) is 0 Å². The van der Waals surface area contributed by atoms with Gasteiger partial charge in [-0.3, -0.25) is 9.80 Å². The van der Waals surface area contributed by atoms with Crippen LogP contribution in [0, 0.1) is 47.3 Å². The second kappa shape index (κ2) is 13.6. The summed E-state index contributed by atoms with van der Waals surface area (Å²) in [5.74, 6) is 3.70. The van der Waals surface area contributed by atoms with Crippen LogP contribution in [-0.4, -0.2) is 61.4 Å². The third-order valence-corrected chi connectivity index (χ3v) is 12.9. The number of hydrogen-bond donors (Lipinski definition) is 0. The van der Waals surface area contributed by atoms with Crippen LogP contribution in [0.4, 0.5) is 0 Å². The summed E-state index contributed by atoms with van der Waals surface area (Å²) in [6.07, 6.45) is 22.2. The fraction of sp³-hybridized carbons (Fsp3) is 1.00. The average Bonchev–Trinajstić information content (AvgIpc) is 2.98. The fourth-order valence-corrected chi connectivity index (χ4v) is 11.1. The van der Waals surface area contributed by atoms with Gasteiger partial charge in [0.1, 0.15) is 26.9 Å². The van der Waals surface area contributed by atoms with Crippen molar-refractivity contribution in [3.8, 4) is 0 Å². The van der Waals surface area contributed by atoms with Crippen molar-refractivity contribution in [2.75, 3.05) is 40.0 Å². The predicted octanol–water partition coefficient (Wildman–Crippen LogP) is 6.67. The molecule has 0 aromatic carbocycles. The molecule has 10 heteroatoms. The molecule has 0 aromatic rings. The highest BCUT2D eigenvalue weighted by atomic mass is 17.3. The van der Waals surface area contributed by atoms with Crippen molar-refractivity contribution in [3.63, 3.8) is 0 Å². The Morgan fingerprint density at radius 1 is 0.364 bits per heavy atom. The minimum atomic E-state index is -0.673. The zero-order chi connectivity index (χ0) is 29.4. The third kappa shape index (κ3) is 6.27. The lowest BCUT2D eigenvalue weighted by atomic mass is 9.53. The quantitative estimate of drug-likeness (QED) is 0.185. The largest absolute Gasteiger partial charge is 0.252 e. The van der Waals surface area contributed by atoms with E-state index in [2.05, 4.69) is 9.80 Å². The summed E-state index contributed by atoms with van der Waals surface area (Å²) in [6, 6.07) is 0. The average molecular weight is 621 g/mol. The molecule has 10 nitrogen and oxygen atoms in total. The standard InChI is InChI=1S/C34H56N2O8/c1(3-5-7-9-35-21-37-41-33(42-38-22-35)29-13-25-11-26(15-29)16-30(33)14-25)2-4-6-8-10-36-23-39-43-34(44-40-24-36)31-17-27-12-28(19-31)20-32(34)18-27/h25-32H,1-24H2. The highest BCUT2D eigenvalue weighted by molar-refractivity contribution is 5.04. The zero-order valence-corrected chi connectivity index (χ0v) is 26.7. The summed E-state index contributed by atoms with van der Waals surface area (Å²) < 4.78 is 0. The van der Waals surface area contributed by atoms with E-state index < -0.39 is 11.6 Å². The van der Waals surface area contributed by atoms with Gasteiger partial charge in [-0.05, 0) is 101 Å². The van der Waals surface area contributed by atoms with E-state index in [1.54, 1.807) is 0 Å². The van der Waals surface area contributed by atoms with E-state index in [1.165, 1.54) is 103 Å². The van der Waals surface area contributed by atoms with Crippen LogP contribution in [0.1, 0.15) is 116 Å². The number of unbranched alkanes of at least 4 members (excludes halogenated alkanes) is 7. The Labute approximate surface area is 263 Å². The van der Waals surface area contributed by atoms with Crippen LogP contribution in [0.25, 0.3) is 0 Å². The minimum Gasteiger partial charge on any atom is -0.252 e. The molecule has 0 atom stereocenters. The highest BCUT2D eigenvalue weighted by Crippen LogP contribution is 2.61. The maximum atomic E-state index is 6.04. The molecule has 0 unspecified atom stereocenters. The van der Waals surface area contributed by atoms with Crippen molar-refractivity contribution in [1.29, 1.82) is 0 Å². The Hall–Kier alpha value is -0.400. The topological polar surface area (TPSA) is 80.3 Å². The van der Waals surface area contributed by atoms with Crippen molar-refractivity contribution in [1.82, 2.24) is 9.80 Å². The summed E-state index contributed by atoms with van der Waals surface area (Å²) in [7, 11) is 0. The number of hydrogen-bond acceptors (Lipinski definition) is 10. The molecule has 2 aliphatic heterocycles. The molecule has 8 aliphatic carbocycles. The van der Waals surface area contributed by atoms with Crippen molar-refractivity contribution in [3.05, 3.63) is 0 Å². The van der Waals surface area contributed by atoms with E-state index >= 15 is 0 Å². The minimum absolute atomic E-state index is 0.412. The molecule has 0 N–H and O–H groups in total. The summed E-state index contributed by atoms with van der Waals surface area (Å²) in [6.45, 7) is 3.68. The molecule has 0 amide bonds. The van der Waals surface area contributed by atoms with Crippen LogP contribution in [0.15, 0.2) is 0 Å². The molecule has 10 fully saturated rings. The van der Waals surface area contributed by atoms with E-state index in [-0.39, 0.29) is 0 Å². The first-order valence-electron chi connectivity index (χ1n) is 18.4. The van der Waals surface area contributed by atoms with Gasteiger partial charge in [0.05, 0.1) is 0 Å². The molecule has 2 heterocycles. The predicted molar refractivity (Wildman–Crippen MR) is 158 cm³/mol. The van der Waals surface area contributed by atoms with E-state index in [0.717, 1.165) is 49.6 Å². The normalized spacial score (nSPS) is 41.2. The highest BCUT2D eigenvalue weighted by Gasteiger charge is 2.63. The summed E-state index contributed by atoms with van der Waals surface area (Å²) in [5.41, 5.74) is 0. The first-order chi connectivity index (χ1) is 21.7. The Bertz CT molecular complexity index is 798. The molecule has 8 saturated carbocycles. The van der Waals surface area contributed by atoms with Gasteiger partial charge in [0.25, 0.3) is 0 Å². The van der Waals surface area contributed by atoms with Crippen molar-refractivity contribution in [2.24, 2.45) is 47.3 Å². The lowest BCUT2D eigenvalue weighted by molar-refractivity contribution is -0.572. The van der Waals surface area contributed by atoms with Gasteiger partial charge in [0, 0.05) is 36.8 Å². The molecule has 0 radical (unpaired) electrons. The van der Waals surface area contributed by atoms with Gasteiger partial charge >= 0.3 is 0 Å². The van der Waals surface area contributed by atoms with Crippen molar-refractivity contribution >= 4 is 0 Å². The van der Waals surface area contributed by atoms with Gasteiger partial charge in [-0.25, -0.2) is 19.6 Å². The first kappa shape index (κ1) is 30.9. The molecule has 10 aliphatic rings. The number of nitrogens with zero attached hydrogens (tertiary/aromatic N) is 2. The first-order valence-corrected chi connectivity index (χ1v) is 18.4. The molecular formula is C34H56N2O8. The number of rotatable bonds is 11. The van der Waals surface area contributed by atoms with Crippen LogP contribution in [0.5, 0.6) is 0 Å². The van der Waals surface area contributed by atoms with E-state index in [0.29, 0.717) is 50.6 Å². The second-order valence-corrected chi connectivity index (χ2v) is 16.0. The monoisotopic (exact) mass is 620 g/mol. The van der Waals surface area contributed by atoms with Crippen molar-refractivity contribution < 1.29 is 39.1 Å². The summed E-state index contributed by atoms with van der Waals surface area (Å²) in [4.78, 5) is 51.6. The van der Waals surface area contributed by atoms with E-state index in [4.69, 9.17) is 39.1 Å². The molecular weight excluding hydrogens is 564 g/mol. The van der Waals surface area contributed by atoms with Crippen LogP contribution < -0.4 is 0 Å². The molecule has 2 spiro atoms. The van der Waals surface area contributed by atoms with Gasteiger partial charge < -0.3 is 0 Å². The Morgan fingerprint density at radius 2 is 0.636 bits per heavy atom. The van der Waals surface area contributed by atoms with Crippen LogP contribution >= 0.6 is 0 Å². The molecule has 250 valence electrons. The van der Waals surface area contributed by atoms with E-state index in [9.17, 15) is 0 Å². The lowest BCUT2D eigenvalue weighted by Gasteiger charge is -2.58. The smallest absolute Gasteiger partial charge is 0.239 e. The maximum absolute atomic E-state index is 6.04. The SMILES string of the molecule is C(CCCCCN1COOC2(OOC1)C1CC3CC(C1)CC2C3)CCCCN1COOC2(OOC1)C1CC3CC(C1)CC2C3. The van der Waals surface area contributed by atoms with Crippen LogP contribution in [0.3, 0.4) is 0 Å². The molecule has 2 saturated heterocycles. The Morgan fingerprint density at radius 3 is 0.932 bits per heavy atom. The Kier molecular flexibility index (Phi) is 9.56. The van der Waals surface area contributed by atoms with Gasteiger partial charge in [0.15, 0.2) is 0 Å². The second-order valence-electron chi connectivity index (χ2n) is 16.0. The van der Waals surface area contributed by atoms with Gasteiger partial charge in [-0.1, -0.05) is 38.5 Å². The third-order valence-electron chi connectivity index (χ3n) is 12.9. The zero-order valence-electron chi connectivity index (χ0n) is 26.7. The molecule has 44 heavy (non-hydrogen) atoms. The summed E-state index contributed by atoms with van der Waals surface area (Å²) >= 11 is 0. The molecule has 10 rings (SSSR count). The van der Waals surface area contributed by atoms with Gasteiger partial charge in [-0.2, -0.15) is 19.6 Å². The van der Waals surface area contributed by atoms with Gasteiger partial charge in [0.2, 0.25) is 11.6 Å². The lowest BCUT2D eigenvalue weighted by Crippen LogP contribution is -2.61. The van der Waals surface area contributed by atoms with Crippen LogP contribution in [-0.2, 0) is 39.1 Å².